The molecule has 0 aliphatic heterocycles. The van der Waals surface area contributed by atoms with Crippen molar-refractivity contribution in [3.63, 3.8) is 0 Å². The molecule has 140 valence electrons. The van der Waals surface area contributed by atoms with Gasteiger partial charge in [0.25, 0.3) is 0 Å². The van der Waals surface area contributed by atoms with Gasteiger partial charge in [-0.05, 0) is 60.2 Å². The van der Waals surface area contributed by atoms with E-state index >= 15 is 0 Å². The molecule has 3 aromatic rings. The van der Waals surface area contributed by atoms with Gasteiger partial charge in [-0.2, -0.15) is 0 Å². The van der Waals surface area contributed by atoms with Gasteiger partial charge in [-0.25, -0.2) is 4.79 Å². The Hall–Kier alpha value is -2.51. The predicted octanol–water partition coefficient (Wildman–Crippen LogP) is 3.63. The number of thioether (sulfide) groups is 1. The molecule has 0 aliphatic rings. The van der Waals surface area contributed by atoms with Crippen molar-refractivity contribution >= 4 is 35.0 Å². The van der Waals surface area contributed by atoms with Crippen molar-refractivity contribution in [2.45, 2.75) is 31.0 Å². The minimum Gasteiger partial charge on any atom is -0.325 e. The quantitative estimate of drug-likeness (QED) is 0.502. The lowest BCUT2D eigenvalue weighted by molar-refractivity contribution is -0.704. The lowest BCUT2D eigenvalue weighted by Crippen LogP contribution is -2.37. The summed E-state index contributed by atoms with van der Waals surface area (Å²) in [5.74, 6) is -0.235. The maximum atomic E-state index is 12.6. The second-order valence-corrected chi connectivity index (χ2v) is 7.93. The fourth-order valence-corrected chi connectivity index (χ4v) is 3.47. The van der Waals surface area contributed by atoms with Gasteiger partial charge in [-0.1, -0.05) is 35.4 Å². The molecule has 2 N–H and O–H groups in total. The molecule has 3 rings (SSSR count). The molecule has 1 aromatic heterocycles. The highest BCUT2D eigenvalue weighted by Gasteiger charge is 2.29. The molecular weight excluding hydrogens is 386 g/mol. The van der Waals surface area contributed by atoms with Crippen LogP contribution in [0, 0.1) is 13.8 Å². The molecule has 0 fully saturated rings. The summed E-state index contributed by atoms with van der Waals surface area (Å²) in [7, 11) is 0. The molecule has 1 heterocycles. The Morgan fingerprint density at radius 1 is 1.22 bits per heavy atom. The minimum atomic E-state index is -0.529. The third kappa shape index (κ3) is 4.43. The Kier molecular flexibility index (Phi) is 5.72. The number of rotatable bonds is 5. The van der Waals surface area contributed by atoms with E-state index in [0.717, 1.165) is 28.6 Å². The van der Waals surface area contributed by atoms with E-state index in [2.05, 4.69) is 10.6 Å². The number of benzene rings is 2. The largest absolute Gasteiger partial charge is 0.442 e. The third-order valence-electron chi connectivity index (χ3n) is 4.01. The summed E-state index contributed by atoms with van der Waals surface area (Å²) in [6.07, 6.45) is 0. The van der Waals surface area contributed by atoms with Crippen LogP contribution >= 0.6 is 23.4 Å². The lowest BCUT2D eigenvalue weighted by Gasteiger charge is -2.12. The number of anilines is 1. The third-order valence-corrected chi connectivity index (χ3v) is 5.39. The molecule has 6 nitrogen and oxygen atoms in total. The van der Waals surface area contributed by atoms with Crippen LogP contribution in [-0.2, 0) is 4.79 Å². The maximum Gasteiger partial charge on any atom is 0.442 e. The molecule has 0 spiro atoms. The molecule has 0 bridgehead atoms. The summed E-state index contributed by atoms with van der Waals surface area (Å²) in [5.41, 5.74) is 2.86. The van der Waals surface area contributed by atoms with E-state index in [9.17, 15) is 9.59 Å². The number of hydrogen-bond donors (Lipinski definition) is 2. The van der Waals surface area contributed by atoms with Crippen LogP contribution in [0.4, 0.5) is 5.69 Å². The molecule has 8 heteroatoms. The smallest absolute Gasteiger partial charge is 0.325 e. The highest BCUT2D eigenvalue weighted by Crippen LogP contribution is 2.23. The average molecular weight is 405 g/mol. The highest BCUT2D eigenvalue weighted by atomic mass is 35.5. The van der Waals surface area contributed by atoms with Gasteiger partial charge in [0, 0.05) is 22.8 Å². The summed E-state index contributed by atoms with van der Waals surface area (Å²) < 4.78 is 6.46. The van der Waals surface area contributed by atoms with E-state index in [1.54, 1.807) is 19.1 Å². The van der Waals surface area contributed by atoms with E-state index in [0.29, 0.717) is 15.7 Å². The Labute approximate surface area is 165 Å². The highest BCUT2D eigenvalue weighted by molar-refractivity contribution is 8.00. The number of hydrogen-bond acceptors (Lipinski definition) is 4. The van der Waals surface area contributed by atoms with Gasteiger partial charge in [0.2, 0.25) is 11.6 Å². The molecule has 0 saturated heterocycles. The minimum absolute atomic E-state index is 0.235. The molecule has 1 unspecified atom stereocenters. The van der Waals surface area contributed by atoms with Crippen LogP contribution in [0.5, 0.6) is 0 Å². The second kappa shape index (κ2) is 8.02. The Morgan fingerprint density at radius 3 is 2.63 bits per heavy atom. The molecule has 27 heavy (non-hydrogen) atoms. The number of carbonyl (C=O) groups is 1. The SMILES string of the molecule is Cc1ccc(-[n+]2[nH]oc(=O)c2SC(C)C(=O)Nc2cc(Cl)ccc2C)cc1. The molecule has 1 atom stereocenters. The summed E-state index contributed by atoms with van der Waals surface area (Å²) in [6, 6.07) is 12.9. The number of halogens is 1. The zero-order chi connectivity index (χ0) is 19.6. The van der Waals surface area contributed by atoms with Crippen LogP contribution < -0.4 is 15.6 Å². The van der Waals surface area contributed by atoms with Crippen LogP contribution in [-0.4, -0.2) is 16.4 Å². The summed E-state index contributed by atoms with van der Waals surface area (Å²) in [4.78, 5) is 24.7. The van der Waals surface area contributed by atoms with Gasteiger partial charge in [0.15, 0.2) is 0 Å². The Morgan fingerprint density at radius 2 is 1.93 bits per heavy atom. The normalized spacial score (nSPS) is 12.0. The van der Waals surface area contributed by atoms with Crippen LogP contribution in [0.25, 0.3) is 5.69 Å². The van der Waals surface area contributed by atoms with E-state index < -0.39 is 10.9 Å². The molecule has 0 radical (unpaired) electrons. The van der Waals surface area contributed by atoms with E-state index in [1.807, 2.05) is 44.2 Å². The lowest BCUT2D eigenvalue weighted by atomic mass is 10.2. The predicted molar refractivity (Wildman–Crippen MR) is 106 cm³/mol. The first kappa shape index (κ1) is 19.3. The van der Waals surface area contributed by atoms with Gasteiger partial charge in [0.05, 0.1) is 5.25 Å². The van der Waals surface area contributed by atoms with Gasteiger partial charge in [-0.3, -0.25) is 9.32 Å². The first-order valence-electron chi connectivity index (χ1n) is 8.29. The van der Waals surface area contributed by atoms with Crippen molar-refractivity contribution in [3.8, 4) is 5.69 Å². The number of nitrogens with one attached hydrogen (secondary N) is 2. The first-order chi connectivity index (χ1) is 12.8. The Bertz CT molecular complexity index is 1030. The van der Waals surface area contributed by atoms with E-state index in [-0.39, 0.29) is 5.91 Å². The summed E-state index contributed by atoms with van der Waals surface area (Å²) in [6.45, 7) is 5.59. The molecule has 1 amide bonds. The first-order valence-corrected chi connectivity index (χ1v) is 9.55. The van der Waals surface area contributed by atoms with Crippen molar-refractivity contribution < 1.29 is 14.0 Å². The van der Waals surface area contributed by atoms with E-state index in [1.165, 1.54) is 4.68 Å². The maximum absolute atomic E-state index is 12.6. The van der Waals surface area contributed by atoms with Crippen molar-refractivity contribution in [1.29, 1.82) is 0 Å². The Balaban J connectivity index is 1.80. The molecule has 0 saturated carbocycles. The van der Waals surface area contributed by atoms with Gasteiger partial charge in [-0.15, -0.1) is 0 Å². The zero-order valence-corrected chi connectivity index (χ0v) is 16.6. The van der Waals surface area contributed by atoms with Gasteiger partial charge >= 0.3 is 10.7 Å². The number of nitrogens with zero attached hydrogens (tertiary/aromatic N) is 1. The molecule has 2 aromatic carbocycles. The molecule has 0 aliphatic carbocycles. The van der Waals surface area contributed by atoms with Crippen LogP contribution in [0.1, 0.15) is 18.1 Å². The van der Waals surface area contributed by atoms with Crippen molar-refractivity contribution in [2.24, 2.45) is 0 Å². The number of amides is 1. The topological polar surface area (TPSA) is 79.0 Å². The average Bonchev–Trinajstić information content (AvgIpc) is 2.99. The fourth-order valence-electron chi connectivity index (χ4n) is 2.41. The number of aryl methyl sites for hydroxylation is 2. The fraction of sp³-hybridized carbons (Fsp3) is 0.211. The number of carbonyl (C=O) groups excluding carboxylic acids is 1. The van der Waals surface area contributed by atoms with Crippen LogP contribution in [0.15, 0.2) is 56.8 Å². The number of aromatic nitrogens is 2. The van der Waals surface area contributed by atoms with Gasteiger partial charge in [0.1, 0.15) is 0 Å². The zero-order valence-electron chi connectivity index (χ0n) is 15.1. The van der Waals surface area contributed by atoms with Crippen LogP contribution in [0.2, 0.25) is 5.02 Å². The van der Waals surface area contributed by atoms with E-state index in [4.69, 9.17) is 16.1 Å². The number of aromatic amines is 1. The van der Waals surface area contributed by atoms with Crippen LogP contribution in [0.3, 0.4) is 0 Å². The monoisotopic (exact) mass is 404 g/mol. The van der Waals surface area contributed by atoms with Crippen molar-refractivity contribution in [1.82, 2.24) is 5.27 Å². The summed E-state index contributed by atoms with van der Waals surface area (Å²) >= 11 is 7.12. The summed E-state index contributed by atoms with van der Waals surface area (Å²) in [5, 5.41) is 5.74. The van der Waals surface area contributed by atoms with Crippen molar-refractivity contribution in [2.75, 3.05) is 5.32 Å². The molecular formula is C19H19ClN3O3S+. The second-order valence-electron chi connectivity index (χ2n) is 6.17. The van der Waals surface area contributed by atoms with Crippen molar-refractivity contribution in [3.05, 3.63) is 69.0 Å². The number of H-pyrrole nitrogens is 1. The van der Waals surface area contributed by atoms with Gasteiger partial charge < -0.3 is 5.32 Å². The standard InChI is InChI=1S/C19H18ClN3O3S/c1-11-4-8-15(9-5-11)23-18(19(25)26-22-23)27-13(3)17(24)21-16-10-14(20)7-6-12(16)2/h4-10,13H,1-3H3,(H-,21,22,24,25)/p+1.